The van der Waals surface area contributed by atoms with Crippen LogP contribution < -0.4 is 15.2 Å². The van der Waals surface area contributed by atoms with E-state index < -0.39 is 10.0 Å². The maximum atomic E-state index is 13.4. The maximum Gasteiger partial charge on any atom is 0.316 e. The number of aromatic nitrogens is 2. The minimum Gasteiger partial charge on any atom is -0.486 e. The second-order valence-corrected chi connectivity index (χ2v) is 10.7. The Bertz CT molecular complexity index is 1280. The molecule has 0 atom stereocenters. The van der Waals surface area contributed by atoms with E-state index in [2.05, 4.69) is 5.10 Å². The van der Waals surface area contributed by atoms with E-state index >= 15 is 0 Å². The minimum atomic E-state index is -3.55. The number of sulfonamides is 1. The third-order valence-corrected chi connectivity index (χ3v) is 8.48. The molecule has 1 aromatic heterocycles. The number of ether oxygens (including phenoxy) is 1. The van der Waals surface area contributed by atoms with Crippen LogP contribution in [0.5, 0.6) is 5.75 Å². The van der Waals surface area contributed by atoms with Crippen molar-refractivity contribution in [2.75, 3.05) is 37.7 Å². The van der Waals surface area contributed by atoms with Crippen molar-refractivity contribution in [3.63, 3.8) is 0 Å². The van der Waals surface area contributed by atoms with Crippen molar-refractivity contribution < 1.29 is 13.2 Å². The van der Waals surface area contributed by atoms with Gasteiger partial charge in [-0.3, -0.25) is 4.79 Å². The van der Waals surface area contributed by atoms with E-state index in [0.29, 0.717) is 55.0 Å². The molecule has 0 amide bonds. The Hall–Kier alpha value is -3.17. The monoisotopic (exact) mass is 480 g/mol. The number of hydrogen-bond donors (Lipinski definition) is 0. The summed E-state index contributed by atoms with van der Waals surface area (Å²) in [6.07, 6.45) is 5.09. The lowest BCUT2D eigenvalue weighted by Crippen LogP contribution is -2.49. The average molecular weight is 481 g/mol. The third kappa shape index (κ3) is 4.45. The van der Waals surface area contributed by atoms with Gasteiger partial charge in [0.2, 0.25) is 15.8 Å². The molecule has 2 fully saturated rings. The Morgan fingerprint density at radius 3 is 2.18 bits per heavy atom. The molecule has 0 bridgehead atoms. The smallest absolute Gasteiger partial charge is 0.316 e. The number of hydrogen-bond acceptors (Lipinski definition) is 6. The number of anilines is 1. The predicted molar refractivity (Wildman–Crippen MR) is 130 cm³/mol. The molecule has 34 heavy (non-hydrogen) atoms. The first-order valence-corrected chi connectivity index (χ1v) is 13.1. The molecule has 0 spiro atoms. The van der Waals surface area contributed by atoms with Crippen LogP contribution in [0.15, 0.2) is 76.6 Å². The molecule has 2 aliphatic rings. The summed E-state index contributed by atoms with van der Waals surface area (Å²) in [5.74, 6) is 0.753. The third-order valence-electron chi connectivity index (χ3n) is 6.56. The molecule has 2 heterocycles. The van der Waals surface area contributed by atoms with E-state index in [1.165, 1.54) is 15.4 Å². The summed E-state index contributed by atoms with van der Waals surface area (Å²) in [6, 6.07) is 17.7. The molecule has 9 heteroatoms. The van der Waals surface area contributed by atoms with Crippen molar-refractivity contribution in [3.05, 3.63) is 77.2 Å². The highest BCUT2D eigenvalue weighted by molar-refractivity contribution is 7.89. The number of nitrogens with zero attached hydrogens (tertiary/aromatic N) is 4. The Labute approximate surface area is 199 Å². The van der Waals surface area contributed by atoms with E-state index in [0.717, 1.165) is 12.8 Å². The second-order valence-electron chi connectivity index (χ2n) is 8.72. The molecule has 2 aromatic carbocycles. The molecule has 5 rings (SSSR count). The van der Waals surface area contributed by atoms with Crippen molar-refractivity contribution >= 4 is 15.7 Å². The van der Waals surface area contributed by atoms with Gasteiger partial charge in [-0.25, -0.2) is 8.42 Å². The van der Waals surface area contributed by atoms with Crippen LogP contribution in [-0.2, 0) is 10.0 Å². The van der Waals surface area contributed by atoms with Gasteiger partial charge in [0.05, 0.1) is 23.4 Å². The van der Waals surface area contributed by atoms with Crippen LogP contribution in [0.4, 0.5) is 5.69 Å². The summed E-state index contributed by atoms with van der Waals surface area (Å²) in [5, 5.41) is 4.41. The Morgan fingerprint density at radius 1 is 0.912 bits per heavy atom. The predicted octanol–water partition coefficient (Wildman–Crippen LogP) is 2.92. The molecule has 1 saturated heterocycles. The molecule has 178 valence electrons. The highest BCUT2D eigenvalue weighted by Crippen LogP contribution is 2.30. The molecule has 1 aliphatic carbocycles. The molecular weight excluding hydrogens is 452 g/mol. The van der Waals surface area contributed by atoms with Gasteiger partial charge in [0.25, 0.3) is 0 Å². The quantitative estimate of drug-likeness (QED) is 0.517. The zero-order valence-electron chi connectivity index (χ0n) is 18.9. The van der Waals surface area contributed by atoms with E-state index in [-0.39, 0.29) is 11.3 Å². The summed E-state index contributed by atoms with van der Waals surface area (Å²) >= 11 is 0. The van der Waals surface area contributed by atoms with Gasteiger partial charge in [0, 0.05) is 26.2 Å². The minimum absolute atomic E-state index is 0.283. The van der Waals surface area contributed by atoms with E-state index in [4.69, 9.17) is 4.74 Å². The number of piperazine rings is 1. The first-order chi connectivity index (χ1) is 16.5. The summed E-state index contributed by atoms with van der Waals surface area (Å²) in [4.78, 5) is 15.7. The summed E-state index contributed by atoms with van der Waals surface area (Å²) in [5.41, 5.74) is 0.988. The van der Waals surface area contributed by atoms with Crippen LogP contribution >= 0.6 is 0 Å². The van der Waals surface area contributed by atoms with Crippen LogP contribution in [0.1, 0.15) is 19.3 Å². The molecule has 0 unspecified atom stereocenters. The SMILES string of the molecule is O=c1c(OCC2CCC2)c(N2CCN(S(=O)(=O)c3ccccc3)CC2)cnn1-c1ccccc1. The van der Waals surface area contributed by atoms with Gasteiger partial charge in [0.15, 0.2) is 0 Å². The molecule has 1 aliphatic heterocycles. The fourth-order valence-corrected chi connectivity index (χ4v) is 5.76. The maximum absolute atomic E-state index is 13.4. The normalized spacial score (nSPS) is 17.4. The lowest BCUT2D eigenvalue weighted by atomic mass is 9.86. The van der Waals surface area contributed by atoms with Crippen molar-refractivity contribution in [3.8, 4) is 11.4 Å². The zero-order chi connectivity index (χ0) is 23.5. The van der Waals surface area contributed by atoms with Crippen molar-refractivity contribution in [2.24, 2.45) is 5.92 Å². The first-order valence-electron chi connectivity index (χ1n) is 11.6. The number of para-hydroxylation sites is 1. The number of benzene rings is 2. The van der Waals surface area contributed by atoms with E-state index in [1.807, 2.05) is 35.2 Å². The highest BCUT2D eigenvalue weighted by atomic mass is 32.2. The number of rotatable bonds is 7. The van der Waals surface area contributed by atoms with Crippen LogP contribution in [-0.4, -0.2) is 55.3 Å². The fourth-order valence-electron chi connectivity index (χ4n) is 4.31. The van der Waals surface area contributed by atoms with Crippen molar-refractivity contribution in [2.45, 2.75) is 24.2 Å². The van der Waals surface area contributed by atoms with Gasteiger partial charge in [-0.15, -0.1) is 0 Å². The summed E-state index contributed by atoms with van der Waals surface area (Å²) in [7, 11) is -3.55. The van der Waals surface area contributed by atoms with Gasteiger partial charge in [-0.1, -0.05) is 42.8 Å². The lowest BCUT2D eigenvalue weighted by Gasteiger charge is -2.36. The van der Waals surface area contributed by atoms with Gasteiger partial charge < -0.3 is 9.64 Å². The summed E-state index contributed by atoms with van der Waals surface area (Å²) in [6.45, 7) is 2.04. The fraction of sp³-hybridized carbons (Fsp3) is 0.360. The van der Waals surface area contributed by atoms with Crippen molar-refractivity contribution in [1.82, 2.24) is 14.1 Å². The summed E-state index contributed by atoms with van der Waals surface area (Å²) < 4.78 is 34.9. The Morgan fingerprint density at radius 2 is 1.56 bits per heavy atom. The largest absolute Gasteiger partial charge is 0.486 e. The molecule has 3 aromatic rings. The second kappa shape index (κ2) is 9.60. The molecule has 8 nitrogen and oxygen atoms in total. The lowest BCUT2D eigenvalue weighted by molar-refractivity contribution is 0.178. The topological polar surface area (TPSA) is 84.7 Å². The van der Waals surface area contributed by atoms with E-state index in [9.17, 15) is 13.2 Å². The molecule has 0 N–H and O–H groups in total. The molecule has 0 radical (unpaired) electrons. The van der Waals surface area contributed by atoms with Crippen molar-refractivity contribution in [1.29, 1.82) is 0 Å². The zero-order valence-corrected chi connectivity index (χ0v) is 19.7. The average Bonchev–Trinajstić information content (AvgIpc) is 2.85. The van der Waals surface area contributed by atoms with Crippen LogP contribution in [0.25, 0.3) is 5.69 Å². The molecular formula is C25H28N4O4S. The van der Waals surface area contributed by atoms with Crippen LogP contribution in [0, 0.1) is 5.92 Å². The Kier molecular flexibility index (Phi) is 6.38. The Balaban J connectivity index is 1.39. The van der Waals surface area contributed by atoms with Crippen LogP contribution in [0.2, 0.25) is 0 Å². The van der Waals surface area contributed by atoms with E-state index in [1.54, 1.807) is 36.5 Å². The van der Waals surface area contributed by atoms with Gasteiger partial charge in [0.1, 0.15) is 5.69 Å². The first kappa shape index (κ1) is 22.6. The van der Waals surface area contributed by atoms with Gasteiger partial charge >= 0.3 is 5.56 Å². The standard InChI is InChI=1S/C25H28N4O4S/c30-25-24(33-19-20-8-7-9-20)23(18-26-29(25)21-10-3-1-4-11-21)27-14-16-28(17-15-27)34(31,32)22-12-5-2-6-13-22/h1-6,10-13,18,20H,7-9,14-17,19H2. The van der Waals surface area contributed by atoms with Crippen LogP contribution in [0.3, 0.4) is 0 Å². The molecule has 1 saturated carbocycles. The van der Waals surface area contributed by atoms with Gasteiger partial charge in [-0.05, 0) is 43.0 Å². The highest BCUT2D eigenvalue weighted by Gasteiger charge is 2.30. The van der Waals surface area contributed by atoms with Gasteiger partial charge in [-0.2, -0.15) is 14.1 Å².